The normalized spacial score (nSPS) is 11.5. The Morgan fingerprint density at radius 2 is 1.88 bits per heavy atom. The second-order valence-corrected chi connectivity index (χ2v) is 6.29. The third-order valence-corrected chi connectivity index (χ3v) is 4.41. The molecule has 1 aromatic heterocycles. The Balaban J connectivity index is 2.50. The van der Waals surface area contributed by atoms with E-state index in [0.717, 1.165) is 45.7 Å². The van der Waals surface area contributed by atoms with Crippen LogP contribution in [0.15, 0.2) is 34.3 Å². The van der Waals surface area contributed by atoms with Gasteiger partial charge < -0.3 is 9.74 Å². The van der Waals surface area contributed by atoms with E-state index in [1.807, 2.05) is 26.8 Å². The van der Waals surface area contributed by atoms with E-state index < -0.39 is 0 Å². The van der Waals surface area contributed by atoms with Gasteiger partial charge in [-0.2, -0.15) is 0 Å². The van der Waals surface area contributed by atoms with Gasteiger partial charge in [-0.25, -0.2) is 9.97 Å². The van der Waals surface area contributed by atoms with E-state index in [2.05, 4.69) is 51.4 Å². The number of thioether (sulfide) groups is 1. The van der Waals surface area contributed by atoms with Gasteiger partial charge in [-0.3, -0.25) is 0 Å². The van der Waals surface area contributed by atoms with E-state index in [4.69, 9.17) is 4.84 Å². The summed E-state index contributed by atoms with van der Waals surface area (Å²) >= 11 is 1.70. The van der Waals surface area contributed by atoms with Crippen molar-refractivity contribution in [2.75, 3.05) is 24.8 Å². The number of oxime groups is 1. The summed E-state index contributed by atoms with van der Waals surface area (Å²) in [6.45, 7) is 8.83. The fourth-order valence-corrected chi connectivity index (χ4v) is 3.20. The molecule has 128 valence electrons. The molecule has 0 saturated carbocycles. The minimum absolute atomic E-state index is 0.736. The highest BCUT2D eigenvalue weighted by atomic mass is 32.2. The first-order valence-electron chi connectivity index (χ1n) is 7.86. The molecule has 0 N–H and O–H groups in total. The van der Waals surface area contributed by atoms with Crippen molar-refractivity contribution in [2.45, 2.75) is 32.6 Å². The Kier molecular flexibility index (Phi) is 6.20. The maximum Gasteiger partial charge on any atom is 0.230 e. The van der Waals surface area contributed by atoms with Crippen molar-refractivity contribution < 1.29 is 4.84 Å². The molecule has 0 spiro atoms. The van der Waals surface area contributed by atoms with Crippen LogP contribution in [0, 0.1) is 13.8 Å². The van der Waals surface area contributed by atoms with E-state index in [1.165, 1.54) is 0 Å². The predicted molar refractivity (Wildman–Crippen MR) is 102 cm³/mol. The highest BCUT2D eigenvalue weighted by molar-refractivity contribution is 7.98. The summed E-state index contributed by atoms with van der Waals surface area (Å²) in [4.78, 5) is 17.4. The van der Waals surface area contributed by atoms with Crippen molar-refractivity contribution in [1.82, 2.24) is 9.97 Å². The molecule has 5 nitrogen and oxygen atoms in total. The minimum Gasteiger partial charge on any atom is -0.399 e. The standard InChI is InChI=1S/C18H24N4OS/c1-7-22(18-19-12(2)10-13(3)20-18)16-9-8-15(11-17(16)24-6)14(4)21-23-5/h8-11H,7H2,1-6H3/b21-14+. The predicted octanol–water partition coefficient (Wildman–Crippen LogP) is 4.34. The third kappa shape index (κ3) is 4.06. The molecule has 0 atom stereocenters. The summed E-state index contributed by atoms with van der Waals surface area (Å²) in [5.41, 5.74) is 4.94. The molecule has 0 radical (unpaired) electrons. The number of rotatable bonds is 6. The Morgan fingerprint density at radius 1 is 1.21 bits per heavy atom. The smallest absolute Gasteiger partial charge is 0.230 e. The zero-order valence-corrected chi connectivity index (χ0v) is 15.9. The van der Waals surface area contributed by atoms with Gasteiger partial charge in [0, 0.05) is 28.4 Å². The summed E-state index contributed by atoms with van der Waals surface area (Å²) < 4.78 is 0. The van der Waals surface area contributed by atoms with Gasteiger partial charge in [-0.05, 0) is 52.1 Å². The Bertz CT molecular complexity index is 726. The summed E-state index contributed by atoms with van der Waals surface area (Å²) in [5.74, 6) is 0.736. The van der Waals surface area contributed by atoms with Crippen molar-refractivity contribution >= 4 is 29.1 Å². The molecule has 1 heterocycles. The van der Waals surface area contributed by atoms with Crippen molar-refractivity contribution in [3.8, 4) is 0 Å². The van der Waals surface area contributed by atoms with Gasteiger partial charge in [0.2, 0.25) is 5.95 Å². The first kappa shape index (κ1) is 18.3. The number of nitrogens with zero attached hydrogens (tertiary/aromatic N) is 4. The Morgan fingerprint density at radius 3 is 2.42 bits per heavy atom. The van der Waals surface area contributed by atoms with Gasteiger partial charge in [0.25, 0.3) is 0 Å². The van der Waals surface area contributed by atoms with Crippen LogP contribution < -0.4 is 4.90 Å². The number of hydrogen-bond donors (Lipinski definition) is 0. The molecule has 0 aliphatic heterocycles. The van der Waals surface area contributed by atoms with Crippen LogP contribution in [0.3, 0.4) is 0 Å². The van der Waals surface area contributed by atoms with Gasteiger partial charge in [0.05, 0.1) is 11.4 Å². The molecular weight excluding hydrogens is 320 g/mol. The molecule has 0 amide bonds. The Labute approximate surface area is 148 Å². The average Bonchev–Trinajstić information content (AvgIpc) is 2.55. The molecule has 0 fully saturated rings. The maximum absolute atomic E-state index is 4.88. The first-order chi connectivity index (χ1) is 11.5. The quantitative estimate of drug-likeness (QED) is 0.443. The SMILES string of the molecule is CCN(c1nc(C)cc(C)n1)c1ccc(/C(C)=N/OC)cc1SC. The molecule has 0 unspecified atom stereocenters. The fraction of sp³-hybridized carbons (Fsp3) is 0.389. The maximum atomic E-state index is 4.88. The summed E-state index contributed by atoms with van der Waals surface area (Å²) in [7, 11) is 1.56. The zero-order chi connectivity index (χ0) is 17.7. The number of aromatic nitrogens is 2. The second-order valence-electron chi connectivity index (χ2n) is 5.44. The van der Waals surface area contributed by atoms with Crippen molar-refractivity contribution in [2.24, 2.45) is 5.16 Å². The molecule has 0 aliphatic carbocycles. The lowest BCUT2D eigenvalue weighted by Gasteiger charge is -2.24. The van der Waals surface area contributed by atoms with E-state index in [0.29, 0.717) is 0 Å². The van der Waals surface area contributed by atoms with Crippen LogP contribution in [0.5, 0.6) is 0 Å². The lowest BCUT2D eigenvalue weighted by Crippen LogP contribution is -2.20. The molecule has 6 heteroatoms. The van der Waals surface area contributed by atoms with Crippen LogP contribution in [0.1, 0.15) is 30.8 Å². The van der Waals surface area contributed by atoms with Gasteiger partial charge in [0.1, 0.15) is 7.11 Å². The highest BCUT2D eigenvalue weighted by Gasteiger charge is 2.16. The lowest BCUT2D eigenvalue weighted by atomic mass is 10.1. The van der Waals surface area contributed by atoms with Gasteiger partial charge in [0.15, 0.2) is 0 Å². The van der Waals surface area contributed by atoms with Crippen molar-refractivity contribution in [1.29, 1.82) is 0 Å². The zero-order valence-electron chi connectivity index (χ0n) is 15.1. The van der Waals surface area contributed by atoms with Crippen LogP contribution in [-0.4, -0.2) is 35.6 Å². The molecule has 2 aromatic rings. The minimum atomic E-state index is 0.736. The third-order valence-electron chi connectivity index (χ3n) is 3.64. The topological polar surface area (TPSA) is 50.6 Å². The van der Waals surface area contributed by atoms with Crippen LogP contribution in [-0.2, 0) is 4.84 Å². The lowest BCUT2D eigenvalue weighted by molar-refractivity contribution is 0.213. The van der Waals surface area contributed by atoms with E-state index in [-0.39, 0.29) is 0 Å². The van der Waals surface area contributed by atoms with Crippen LogP contribution >= 0.6 is 11.8 Å². The molecule has 1 aromatic carbocycles. The Hall–Kier alpha value is -2.08. The van der Waals surface area contributed by atoms with Crippen LogP contribution in [0.4, 0.5) is 11.6 Å². The van der Waals surface area contributed by atoms with E-state index in [1.54, 1.807) is 18.9 Å². The van der Waals surface area contributed by atoms with Crippen molar-refractivity contribution in [3.05, 3.63) is 41.2 Å². The molecule has 24 heavy (non-hydrogen) atoms. The van der Waals surface area contributed by atoms with Crippen LogP contribution in [0.25, 0.3) is 0 Å². The van der Waals surface area contributed by atoms with Gasteiger partial charge >= 0.3 is 0 Å². The number of anilines is 2. The first-order valence-corrected chi connectivity index (χ1v) is 9.08. The molecular formula is C18H24N4OS. The van der Waals surface area contributed by atoms with E-state index >= 15 is 0 Å². The van der Waals surface area contributed by atoms with E-state index in [9.17, 15) is 0 Å². The number of hydrogen-bond acceptors (Lipinski definition) is 6. The molecule has 0 aliphatic rings. The molecule has 0 saturated heterocycles. The largest absolute Gasteiger partial charge is 0.399 e. The number of benzene rings is 1. The summed E-state index contributed by atoms with van der Waals surface area (Å²) in [5, 5.41) is 4.02. The monoisotopic (exact) mass is 344 g/mol. The molecule has 2 rings (SSSR count). The second kappa shape index (κ2) is 8.15. The highest BCUT2D eigenvalue weighted by Crippen LogP contribution is 2.33. The number of aryl methyl sites for hydroxylation is 2. The summed E-state index contributed by atoms with van der Waals surface area (Å²) in [6, 6.07) is 8.27. The van der Waals surface area contributed by atoms with Crippen LogP contribution in [0.2, 0.25) is 0 Å². The average molecular weight is 344 g/mol. The molecule has 0 bridgehead atoms. The van der Waals surface area contributed by atoms with Gasteiger partial charge in [-0.1, -0.05) is 11.2 Å². The summed E-state index contributed by atoms with van der Waals surface area (Å²) in [6.07, 6.45) is 2.07. The van der Waals surface area contributed by atoms with Gasteiger partial charge in [-0.15, -0.1) is 11.8 Å². The van der Waals surface area contributed by atoms with Crippen molar-refractivity contribution in [3.63, 3.8) is 0 Å². The fourth-order valence-electron chi connectivity index (χ4n) is 2.56.